The van der Waals surface area contributed by atoms with Crippen molar-refractivity contribution in [3.8, 4) is 0 Å². The van der Waals surface area contributed by atoms with Gasteiger partial charge in [0.25, 0.3) is 11.2 Å². The molecule has 0 spiro atoms. The number of amides is 1. The molecule has 2 aromatic carbocycles. The van der Waals surface area contributed by atoms with Crippen LogP contribution in [0, 0.1) is 10.1 Å². The molecule has 1 aromatic heterocycles. The van der Waals surface area contributed by atoms with Gasteiger partial charge in [-0.25, -0.2) is 4.98 Å². The number of hydrogen-bond donors (Lipinski definition) is 0. The second-order valence-corrected chi connectivity index (χ2v) is 6.84. The number of para-hydroxylation sites is 1. The Morgan fingerprint density at radius 2 is 1.72 bits per heavy atom. The van der Waals surface area contributed by atoms with E-state index < -0.39 is 4.92 Å². The first-order valence-electron chi connectivity index (χ1n) is 9.24. The van der Waals surface area contributed by atoms with Gasteiger partial charge in [-0.05, 0) is 24.3 Å². The summed E-state index contributed by atoms with van der Waals surface area (Å²) in [6.45, 7) is 2.23. The van der Waals surface area contributed by atoms with Gasteiger partial charge in [-0.3, -0.25) is 24.3 Å². The number of carbonyl (C=O) groups excluding carboxylic acids is 1. The molecular formula is C20H19N5O4. The minimum absolute atomic E-state index is 0.0474. The summed E-state index contributed by atoms with van der Waals surface area (Å²) in [6, 6.07) is 13.4. The zero-order valence-corrected chi connectivity index (χ0v) is 15.6. The van der Waals surface area contributed by atoms with E-state index in [4.69, 9.17) is 0 Å². The summed E-state index contributed by atoms with van der Waals surface area (Å²) in [5, 5.41) is 11.3. The Balaban J connectivity index is 1.40. The summed E-state index contributed by atoms with van der Waals surface area (Å²) in [7, 11) is 0. The molecule has 4 rings (SSSR count). The molecule has 1 amide bonds. The summed E-state index contributed by atoms with van der Waals surface area (Å²) < 4.78 is 1.34. The van der Waals surface area contributed by atoms with Crippen molar-refractivity contribution in [1.82, 2.24) is 14.5 Å². The van der Waals surface area contributed by atoms with E-state index in [1.807, 2.05) is 6.07 Å². The molecule has 148 valence electrons. The van der Waals surface area contributed by atoms with E-state index in [0.29, 0.717) is 37.1 Å². The van der Waals surface area contributed by atoms with Crippen LogP contribution in [0.2, 0.25) is 0 Å². The van der Waals surface area contributed by atoms with Gasteiger partial charge < -0.3 is 9.80 Å². The molecule has 1 aliphatic heterocycles. The maximum atomic E-state index is 12.7. The Hall–Kier alpha value is -3.75. The molecule has 2 heterocycles. The molecule has 0 N–H and O–H groups in total. The SMILES string of the molecule is O=C(Cn1cnc2ccccc2c1=O)N1CCN(c2ccc([N+](=O)[O-])cc2)CC1. The molecule has 0 radical (unpaired) electrons. The van der Waals surface area contributed by atoms with E-state index in [0.717, 1.165) is 5.69 Å². The lowest BCUT2D eigenvalue weighted by Gasteiger charge is -2.36. The molecule has 0 bridgehead atoms. The van der Waals surface area contributed by atoms with Crippen molar-refractivity contribution in [3.63, 3.8) is 0 Å². The van der Waals surface area contributed by atoms with Crippen LogP contribution in [0.15, 0.2) is 59.7 Å². The average molecular weight is 393 g/mol. The number of nitrogens with zero attached hydrogens (tertiary/aromatic N) is 5. The van der Waals surface area contributed by atoms with Gasteiger partial charge in [-0.1, -0.05) is 12.1 Å². The van der Waals surface area contributed by atoms with Crippen LogP contribution in [0.1, 0.15) is 0 Å². The number of benzene rings is 2. The molecule has 1 fully saturated rings. The van der Waals surface area contributed by atoms with Gasteiger partial charge in [0, 0.05) is 44.0 Å². The van der Waals surface area contributed by atoms with E-state index in [1.165, 1.54) is 23.0 Å². The van der Waals surface area contributed by atoms with Gasteiger partial charge in [-0.2, -0.15) is 0 Å². The quantitative estimate of drug-likeness (QED) is 0.493. The van der Waals surface area contributed by atoms with Crippen molar-refractivity contribution >= 4 is 28.2 Å². The summed E-state index contributed by atoms with van der Waals surface area (Å²) in [4.78, 5) is 43.6. The van der Waals surface area contributed by atoms with Gasteiger partial charge in [0.15, 0.2) is 0 Å². The molecule has 9 heteroatoms. The van der Waals surface area contributed by atoms with Crippen molar-refractivity contribution in [3.05, 3.63) is 75.3 Å². The molecule has 9 nitrogen and oxygen atoms in total. The van der Waals surface area contributed by atoms with E-state index >= 15 is 0 Å². The Labute approximate surface area is 165 Å². The van der Waals surface area contributed by atoms with Crippen LogP contribution in [0.25, 0.3) is 10.9 Å². The molecule has 1 aliphatic rings. The maximum absolute atomic E-state index is 12.7. The normalized spacial score (nSPS) is 14.2. The topological polar surface area (TPSA) is 102 Å². The van der Waals surface area contributed by atoms with Crippen molar-refractivity contribution < 1.29 is 9.72 Å². The van der Waals surface area contributed by atoms with Crippen molar-refractivity contribution in [1.29, 1.82) is 0 Å². The molecule has 1 saturated heterocycles. The van der Waals surface area contributed by atoms with Crippen LogP contribution in [-0.4, -0.2) is 51.5 Å². The highest BCUT2D eigenvalue weighted by Crippen LogP contribution is 2.20. The average Bonchev–Trinajstić information content (AvgIpc) is 2.76. The molecular weight excluding hydrogens is 374 g/mol. The number of carbonyl (C=O) groups is 1. The Bertz CT molecular complexity index is 1120. The minimum Gasteiger partial charge on any atom is -0.368 e. The first kappa shape index (κ1) is 18.6. The third kappa shape index (κ3) is 3.79. The third-order valence-corrected chi connectivity index (χ3v) is 5.10. The highest BCUT2D eigenvalue weighted by Gasteiger charge is 2.22. The Morgan fingerprint density at radius 1 is 1.03 bits per heavy atom. The van der Waals surface area contributed by atoms with Gasteiger partial charge in [0.1, 0.15) is 6.54 Å². The number of hydrogen-bond acceptors (Lipinski definition) is 6. The summed E-state index contributed by atoms with van der Waals surface area (Å²) in [5.41, 5.74) is 1.32. The fourth-order valence-electron chi connectivity index (χ4n) is 3.46. The van der Waals surface area contributed by atoms with E-state index in [2.05, 4.69) is 9.88 Å². The maximum Gasteiger partial charge on any atom is 0.269 e. The van der Waals surface area contributed by atoms with E-state index in [9.17, 15) is 19.7 Å². The first-order valence-corrected chi connectivity index (χ1v) is 9.24. The van der Waals surface area contributed by atoms with Crippen molar-refractivity contribution in [2.24, 2.45) is 0 Å². The number of nitro benzene ring substituents is 1. The standard InChI is InChI=1S/C20H19N5O4/c26-19(13-24-14-21-18-4-2-1-3-17(18)20(24)27)23-11-9-22(10-12-23)15-5-7-16(8-6-15)25(28)29/h1-8,14H,9-13H2. The third-order valence-electron chi connectivity index (χ3n) is 5.10. The fourth-order valence-corrected chi connectivity index (χ4v) is 3.46. The van der Waals surface area contributed by atoms with Crippen LogP contribution >= 0.6 is 0 Å². The predicted octanol–water partition coefficient (Wildman–Crippen LogP) is 1.65. The first-order chi connectivity index (χ1) is 14.0. The van der Waals surface area contributed by atoms with Crippen LogP contribution in [0.4, 0.5) is 11.4 Å². The number of aromatic nitrogens is 2. The van der Waals surface area contributed by atoms with Crippen LogP contribution < -0.4 is 10.5 Å². The van der Waals surface area contributed by atoms with Crippen LogP contribution in [-0.2, 0) is 11.3 Å². The molecule has 0 saturated carbocycles. The Morgan fingerprint density at radius 3 is 2.41 bits per heavy atom. The van der Waals surface area contributed by atoms with Gasteiger partial charge >= 0.3 is 0 Å². The summed E-state index contributed by atoms with van der Waals surface area (Å²) in [6.07, 6.45) is 1.41. The molecule has 29 heavy (non-hydrogen) atoms. The van der Waals surface area contributed by atoms with Gasteiger partial charge in [0.2, 0.25) is 5.91 Å². The zero-order chi connectivity index (χ0) is 20.4. The number of fused-ring (bicyclic) bond motifs is 1. The highest BCUT2D eigenvalue weighted by atomic mass is 16.6. The summed E-state index contributed by atoms with van der Waals surface area (Å²) >= 11 is 0. The van der Waals surface area contributed by atoms with Gasteiger partial charge in [-0.15, -0.1) is 0 Å². The van der Waals surface area contributed by atoms with Gasteiger partial charge in [0.05, 0.1) is 22.2 Å². The lowest BCUT2D eigenvalue weighted by molar-refractivity contribution is -0.384. The number of anilines is 1. The smallest absolute Gasteiger partial charge is 0.269 e. The second kappa shape index (κ2) is 7.70. The van der Waals surface area contributed by atoms with Crippen molar-refractivity contribution in [2.75, 3.05) is 31.1 Å². The van der Waals surface area contributed by atoms with E-state index in [-0.39, 0.29) is 23.7 Å². The number of nitro groups is 1. The second-order valence-electron chi connectivity index (χ2n) is 6.84. The Kier molecular flexibility index (Phi) is 4.94. The molecule has 0 aliphatic carbocycles. The predicted molar refractivity (Wildman–Crippen MR) is 108 cm³/mol. The largest absolute Gasteiger partial charge is 0.368 e. The monoisotopic (exact) mass is 393 g/mol. The molecule has 0 unspecified atom stereocenters. The van der Waals surface area contributed by atoms with Crippen molar-refractivity contribution in [2.45, 2.75) is 6.54 Å². The lowest BCUT2D eigenvalue weighted by Crippen LogP contribution is -2.50. The highest BCUT2D eigenvalue weighted by molar-refractivity contribution is 5.79. The van der Waals surface area contributed by atoms with Crippen LogP contribution in [0.3, 0.4) is 0 Å². The summed E-state index contributed by atoms with van der Waals surface area (Å²) in [5.74, 6) is -0.132. The minimum atomic E-state index is -0.427. The zero-order valence-electron chi connectivity index (χ0n) is 15.6. The number of piperazine rings is 1. The fraction of sp³-hybridized carbons (Fsp3) is 0.250. The number of rotatable bonds is 4. The van der Waals surface area contributed by atoms with Crippen LogP contribution in [0.5, 0.6) is 0 Å². The lowest BCUT2D eigenvalue weighted by atomic mass is 10.2. The van der Waals surface area contributed by atoms with E-state index in [1.54, 1.807) is 35.2 Å². The number of non-ortho nitro benzene ring substituents is 1. The molecule has 3 aromatic rings. The molecule has 0 atom stereocenters.